The minimum Gasteiger partial charge on any atom is -0.273 e. The van der Waals surface area contributed by atoms with Crippen LogP contribution in [0.1, 0.15) is 44.9 Å². The molecule has 0 unspecified atom stereocenters. The molecule has 1 aliphatic heterocycles. The monoisotopic (exact) mass is 339 g/mol. The number of rotatable bonds is 1. The van der Waals surface area contributed by atoms with Crippen LogP contribution in [0.3, 0.4) is 0 Å². The van der Waals surface area contributed by atoms with Gasteiger partial charge in [-0.05, 0) is 50.9 Å². The standard InChI is InChI=1S/C14H20F3NO3S/c15-14(16,17)11-4-2-10(3-5-11)13(19)18-12-6-1-9(7-12)8-22(18,20)21/h9-12H,1-8H2/t9-,10?,11?,12+/m0/s1. The lowest BCUT2D eigenvalue weighted by Crippen LogP contribution is -2.51. The molecule has 2 saturated carbocycles. The lowest BCUT2D eigenvalue weighted by atomic mass is 9.81. The molecule has 0 aromatic heterocycles. The van der Waals surface area contributed by atoms with Crippen molar-refractivity contribution in [2.45, 2.75) is 57.2 Å². The van der Waals surface area contributed by atoms with E-state index in [-0.39, 0.29) is 43.4 Å². The van der Waals surface area contributed by atoms with E-state index in [0.717, 1.165) is 10.7 Å². The number of alkyl halides is 3. The van der Waals surface area contributed by atoms with Gasteiger partial charge in [0.1, 0.15) is 0 Å². The van der Waals surface area contributed by atoms with Crippen molar-refractivity contribution in [3.05, 3.63) is 0 Å². The highest BCUT2D eigenvalue weighted by Gasteiger charge is 2.49. The maximum absolute atomic E-state index is 12.7. The van der Waals surface area contributed by atoms with Crippen LogP contribution in [0.25, 0.3) is 0 Å². The first kappa shape index (κ1) is 16.1. The number of halogens is 3. The second-order valence-electron chi connectivity index (χ2n) is 6.84. The van der Waals surface area contributed by atoms with E-state index < -0.39 is 33.9 Å². The van der Waals surface area contributed by atoms with Crippen LogP contribution in [-0.4, -0.2) is 36.6 Å². The third kappa shape index (κ3) is 2.86. The van der Waals surface area contributed by atoms with Crippen LogP contribution < -0.4 is 0 Å². The second kappa shape index (κ2) is 5.39. The van der Waals surface area contributed by atoms with Crippen molar-refractivity contribution in [1.29, 1.82) is 0 Å². The van der Waals surface area contributed by atoms with Crippen molar-refractivity contribution in [1.82, 2.24) is 4.31 Å². The first-order valence-electron chi connectivity index (χ1n) is 7.81. The summed E-state index contributed by atoms with van der Waals surface area (Å²) >= 11 is 0. The molecule has 0 aromatic carbocycles. The Hall–Kier alpha value is -0.790. The van der Waals surface area contributed by atoms with Crippen LogP contribution in [-0.2, 0) is 14.8 Å². The predicted molar refractivity (Wildman–Crippen MR) is 73.3 cm³/mol. The van der Waals surface area contributed by atoms with Crippen molar-refractivity contribution >= 4 is 15.9 Å². The van der Waals surface area contributed by atoms with Gasteiger partial charge >= 0.3 is 6.18 Å². The number of amides is 1. The van der Waals surface area contributed by atoms with Gasteiger partial charge in [-0.2, -0.15) is 13.2 Å². The lowest BCUT2D eigenvalue weighted by Gasteiger charge is -2.37. The van der Waals surface area contributed by atoms with E-state index in [1.165, 1.54) is 0 Å². The van der Waals surface area contributed by atoms with Gasteiger partial charge in [-0.25, -0.2) is 12.7 Å². The van der Waals surface area contributed by atoms with Crippen molar-refractivity contribution in [2.75, 3.05) is 5.75 Å². The SMILES string of the molecule is O=C(C1CCC(C(F)(F)F)CC1)N1[C@@H]2CC[C@@H](C2)CS1(=O)=O. The Morgan fingerprint density at radius 3 is 2.23 bits per heavy atom. The predicted octanol–water partition coefficient (Wildman–Crippen LogP) is 2.70. The first-order chi connectivity index (χ1) is 10.2. The number of sulfonamides is 1. The van der Waals surface area contributed by atoms with E-state index in [1.807, 2.05) is 0 Å². The minimum atomic E-state index is -4.22. The van der Waals surface area contributed by atoms with Crippen LogP contribution in [0.5, 0.6) is 0 Å². The highest BCUT2D eigenvalue weighted by Crippen LogP contribution is 2.43. The van der Waals surface area contributed by atoms with Gasteiger partial charge in [0.2, 0.25) is 15.9 Å². The average molecular weight is 339 g/mol. The normalized spacial score (nSPS) is 38.0. The number of fused-ring (bicyclic) bond motifs is 2. The Labute approximate surface area is 128 Å². The fourth-order valence-corrected chi connectivity index (χ4v) is 6.31. The molecule has 22 heavy (non-hydrogen) atoms. The maximum Gasteiger partial charge on any atom is 0.391 e. The smallest absolute Gasteiger partial charge is 0.273 e. The lowest BCUT2D eigenvalue weighted by molar-refractivity contribution is -0.185. The molecule has 0 N–H and O–H groups in total. The van der Waals surface area contributed by atoms with Crippen LogP contribution in [0.2, 0.25) is 0 Å². The summed E-state index contributed by atoms with van der Waals surface area (Å²) in [6.07, 6.45) is -1.91. The van der Waals surface area contributed by atoms with Crippen molar-refractivity contribution in [3.8, 4) is 0 Å². The Morgan fingerprint density at radius 1 is 1.00 bits per heavy atom. The zero-order valence-electron chi connectivity index (χ0n) is 12.2. The zero-order chi connectivity index (χ0) is 16.1. The second-order valence-corrected chi connectivity index (χ2v) is 8.73. The molecule has 126 valence electrons. The molecule has 2 aliphatic carbocycles. The fraction of sp³-hybridized carbons (Fsp3) is 0.929. The van der Waals surface area contributed by atoms with Gasteiger partial charge in [-0.1, -0.05) is 0 Å². The number of nitrogens with zero attached hydrogens (tertiary/aromatic N) is 1. The average Bonchev–Trinajstić information content (AvgIpc) is 2.79. The molecule has 0 aromatic rings. The van der Waals surface area contributed by atoms with Gasteiger partial charge in [0, 0.05) is 12.0 Å². The van der Waals surface area contributed by atoms with E-state index >= 15 is 0 Å². The summed E-state index contributed by atoms with van der Waals surface area (Å²) in [7, 11) is -3.59. The van der Waals surface area contributed by atoms with E-state index in [0.29, 0.717) is 12.8 Å². The molecule has 3 fully saturated rings. The Balaban J connectivity index is 1.70. The quantitative estimate of drug-likeness (QED) is 0.738. The summed E-state index contributed by atoms with van der Waals surface area (Å²) in [5, 5.41) is 0. The number of carbonyl (C=O) groups is 1. The molecule has 8 heteroatoms. The van der Waals surface area contributed by atoms with Gasteiger partial charge < -0.3 is 0 Å². The van der Waals surface area contributed by atoms with Gasteiger partial charge in [-0.15, -0.1) is 0 Å². The topological polar surface area (TPSA) is 54.5 Å². The third-order valence-electron chi connectivity index (χ3n) is 5.35. The Bertz CT molecular complexity index is 552. The largest absolute Gasteiger partial charge is 0.391 e. The van der Waals surface area contributed by atoms with Crippen LogP contribution in [0, 0.1) is 17.8 Å². The van der Waals surface area contributed by atoms with E-state index in [2.05, 4.69) is 0 Å². The number of hydrogen-bond acceptors (Lipinski definition) is 3. The molecule has 2 bridgehead atoms. The summed E-state index contributed by atoms with van der Waals surface area (Å²) in [5.41, 5.74) is 0. The molecule has 2 atom stereocenters. The maximum atomic E-state index is 12.7. The van der Waals surface area contributed by atoms with Crippen LogP contribution >= 0.6 is 0 Å². The molecular formula is C14H20F3NO3S. The summed E-state index contributed by atoms with van der Waals surface area (Å²) in [6.45, 7) is 0. The summed E-state index contributed by atoms with van der Waals surface area (Å²) in [5.74, 6) is -2.26. The van der Waals surface area contributed by atoms with Crippen LogP contribution in [0.4, 0.5) is 13.2 Å². The van der Waals surface area contributed by atoms with Gasteiger partial charge in [-0.3, -0.25) is 4.79 Å². The van der Waals surface area contributed by atoms with Crippen LogP contribution in [0.15, 0.2) is 0 Å². The molecule has 4 nitrogen and oxygen atoms in total. The fourth-order valence-electron chi connectivity index (χ4n) is 4.18. The highest BCUT2D eigenvalue weighted by atomic mass is 32.2. The summed E-state index contributed by atoms with van der Waals surface area (Å²) in [6, 6.07) is -0.267. The highest BCUT2D eigenvalue weighted by molar-refractivity contribution is 7.89. The zero-order valence-corrected chi connectivity index (χ0v) is 13.0. The molecular weight excluding hydrogens is 319 g/mol. The number of hydrogen-bond donors (Lipinski definition) is 0. The van der Waals surface area contributed by atoms with Gasteiger partial charge in [0.05, 0.1) is 11.7 Å². The molecule has 0 radical (unpaired) electrons. The summed E-state index contributed by atoms with van der Waals surface area (Å²) < 4.78 is 63.6. The van der Waals surface area contributed by atoms with Crippen molar-refractivity contribution < 1.29 is 26.4 Å². The van der Waals surface area contributed by atoms with Crippen molar-refractivity contribution in [3.63, 3.8) is 0 Å². The van der Waals surface area contributed by atoms with Gasteiger partial charge in [0.15, 0.2) is 0 Å². The minimum absolute atomic E-state index is 0.00708. The summed E-state index contributed by atoms with van der Waals surface area (Å²) in [4.78, 5) is 12.6. The Morgan fingerprint density at radius 2 is 1.64 bits per heavy atom. The number of carbonyl (C=O) groups excluding carboxylic acids is 1. The molecule has 3 aliphatic rings. The van der Waals surface area contributed by atoms with E-state index in [9.17, 15) is 26.4 Å². The van der Waals surface area contributed by atoms with E-state index in [1.54, 1.807) is 0 Å². The molecule has 3 rings (SSSR count). The Kier molecular flexibility index (Phi) is 3.94. The van der Waals surface area contributed by atoms with E-state index in [4.69, 9.17) is 0 Å². The first-order valence-corrected chi connectivity index (χ1v) is 9.42. The molecule has 0 spiro atoms. The van der Waals surface area contributed by atoms with Gasteiger partial charge in [0.25, 0.3) is 0 Å². The van der Waals surface area contributed by atoms with Crippen molar-refractivity contribution in [2.24, 2.45) is 17.8 Å². The molecule has 1 heterocycles. The molecule has 1 saturated heterocycles. The molecule has 1 amide bonds. The third-order valence-corrected chi connectivity index (χ3v) is 7.32.